The standard InChI is InChI=1S/C14H22N2O4/c1-18-9-11(8-15)16-14(17)7-10-4-5-12(19-2)13(6-10)20-3/h4-6,11H,7-9,15H2,1-3H3,(H,16,17). The van der Waals surface area contributed by atoms with E-state index >= 15 is 0 Å². The number of carbonyl (C=O) groups is 1. The Labute approximate surface area is 119 Å². The Balaban J connectivity index is 2.66. The summed E-state index contributed by atoms with van der Waals surface area (Å²) in [6, 6.07) is 5.21. The normalized spacial score (nSPS) is 11.8. The molecule has 0 heterocycles. The van der Waals surface area contributed by atoms with Gasteiger partial charge in [0.1, 0.15) is 0 Å². The van der Waals surface area contributed by atoms with Crippen LogP contribution in [0.4, 0.5) is 0 Å². The first kappa shape index (κ1) is 16.3. The average Bonchev–Trinajstić information content (AvgIpc) is 2.46. The predicted octanol–water partition coefficient (Wildman–Crippen LogP) is 0.336. The largest absolute Gasteiger partial charge is 0.493 e. The van der Waals surface area contributed by atoms with Gasteiger partial charge in [-0.2, -0.15) is 0 Å². The highest BCUT2D eigenvalue weighted by atomic mass is 16.5. The number of amides is 1. The van der Waals surface area contributed by atoms with Crippen molar-refractivity contribution in [3.05, 3.63) is 23.8 Å². The Morgan fingerprint density at radius 2 is 1.95 bits per heavy atom. The van der Waals surface area contributed by atoms with Crippen LogP contribution in [0.25, 0.3) is 0 Å². The second-order valence-corrected chi connectivity index (χ2v) is 4.32. The van der Waals surface area contributed by atoms with Crippen LogP contribution >= 0.6 is 0 Å². The van der Waals surface area contributed by atoms with Crippen LogP contribution in [0.1, 0.15) is 5.56 Å². The van der Waals surface area contributed by atoms with E-state index in [4.69, 9.17) is 19.9 Å². The lowest BCUT2D eigenvalue weighted by atomic mass is 10.1. The topological polar surface area (TPSA) is 82.8 Å². The first-order valence-corrected chi connectivity index (χ1v) is 6.33. The smallest absolute Gasteiger partial charge is 0.224 e. The minimum absolute atomic E-state index is 0.107. The summed E-state index contributed by atoms with van der Waals surface area (Å²) >= 11 is 0. The number of ether oxygens (including phenoxy) is 3. The summed E-state index contributed by atoms with van der Waals surface area (Å²) in [6.07, 6.45) is 0.251. The van der Waals surface area contributed by atoms with Gasteiger partial charge < -0.3 is 25.3 Å². The fourth-order valence-corrected chi connectivity index (χ4v) is 1.82. The van der Waals surface area contributed by atoms with Crippen molar-refractivity contribution in [3.63, 3.8) is 0 Å². The number of benzene rings is 1. The third-order valence-electron chi connectivity index (χ3n) is 2.83. The van der Waals surface area contributed by atoms with E-state index in [1.165, 1.54) is 0 Å². The molecule has 0 saturated heterocycles. The lowest BCUT2D eigenvalue weighted by molar-refractivity contribution is -0.121. The molecule has 1 unspecified atom stereocenters. The van der Waals surface area contributed by atoms with Crippen molar-refractivity contribution >= 4 is 5.91 Å². The van der Waals surface area contributed by atoms with Gasteiger partial charge in [-0.15, -0.1) is 0 Å². The van der Waals surface area contributed by atoms with Crippen molar-refractivity contribution in [2.24, 2.45) is 5.73 Å². The molecule has 1 atom stereocenters. The molecular weight excluding hydrogens is 260 g/mol. The van der Waals surface area contributed by atoms with Gasteiger partial charge in [-0.05, 0) is 17.7 Å². The first-order chi connectivity index (χ1) is 9.64. The van der Waals surface area contributed by atoms with Gasteiger partial charge in [-0.1, -0.05) is 6.07 Å². The molecule has 0 saturated carbocycles. The summed E-state index contributed by atoms with van der Waals surface area (Å²) in [5.41, 5.74) is 6.39. The van der Waals surface area contributed by atoms with Crippen LogP contribution in [0.5, 0.6) is 11.5 Å². The SMILES string of the molecule is COCC(CN)NC(=O)Cc1ccc(OC)c(OC)c1. The number of hydrogen-bond acceptors (Lipinski definition) is 5. The zero-order valence-corrected chi connectivity index (χ0v) is 12.1. The van der Waals surface area contributed by atoms with E-state index in [1.54, 1.807) is 33.5 Å². The molecule has 0 fully saturated rings. The average molecular weight is 282 g/mol. The van der Waals surface area contributed by atoms with Crippen molar-refractivity contribution in [2.45, 2.75) is 12.5 Å². The van der Waals surface area contributed by atoms with Crippen LogP contribution in [-0.2, 0) is 16.0 Å². The highest BCUT2D eigenvalue weighted by Gasteiger charge is 2.12. The van der Waals surface area contributed by atoms with E-state index in [0.29, 0.717) is 24.7 Å². The van der Waals surface area contributed by atoms with Crippen LogP contribution in [0, 0.1) is 0 Å². The molecule has 3 N–H and O–H groups in total. The maximum atomic E-state index is 11.9. The van der Waals surface area contributed by atoms with Gasteiger partial charge >= 0.3 is 0 Å². The fraction of sp³-hybridized carbons (Fsp3) is 0.500. The molecule has 6 heteroatoms. The molecule has 1 aromatic carbocycles. The van der Waals surface area contributed by atoms with Crippen LogP contribution in [0.2, 0.25) is 0 Å². The van der Waals surface area contributed by atoms with Crippen molar-refractivity contribution in [1.82, 2.24) is 5.32 Å². The number of carbonyl (C=O) groups excluding carboxylic acids is 1. The third-order valence-corrected chi connectivity index (χ3v) is 2.83. The summed E-state index contributed by atoms with van der Waals surface area (Å²) in [5.74, 6) is 1.13. The van der Waals surface area contributed by atoms with Crippen molar-refractivity contribution < 1.29 is 19.0 Å². The van der Waals surface area contributed by atoms with Crippen molar-refractivity contribution in [2.75, 3.05) is 34.5 Å². The molecule has 0 bridgehead atoms. The maximum Gasteiger partial charge on any atom is 0.224 e. The molecule has 0 radical (unpaired) electrons. The van der Waals surface area contributed by atoms with Gasteiger partial charge in [-0.3, -0.25) is 4.79 Å². The van der Waals surface area contributed by atoms with E-state index in [2.05, 4.69) is 5.32 Å². The molecule has 0 aliphatic rings. The van der Waals surface area contributed by atoms with Gasteiger partial charge in [0.15, 0.2) is 11.5 Å². The monoisotopic (exact) mass is 282 g/mol. The molecule has 1 aromatic rings. The fourth-order valence-electron chi connectivity index (χ4n) is 1.82. The Hall–Kier alpha value is -1.79. The minimum atomic E-state index is -0.173. The lowest BCUT2D eigenvalue weighted by Gasteiger charge is -2.16. The highest BCUT2D eigenvalue weighted by molar-refractivity contribution is 5.79. The highest BCUT2D eigenvalue weighted by Crippen LogP contribution is 2.27. The van der Waals surface area contributed by atoms with Crippen LogP contribution in [0.15, 0.2) is 18.2 Å². The van der Waals surface area contributed by atoms with Gasteiger partial charge in [-0.25, -0.2) is 0 Å². The van der Waals surface area contributed by atoms with Gasteiger partial charge in [0, 0.05) is 13.7 Å². The summed E-state index contributed by atoms with van der Waals surface area (Å²) < 4.78 is 15.3. The second-order valence-electron chi connectivity index (χ2n) is 4.32. The second kappa shape index (κ2) is 8.39. The molecule has 0 spiro atoms. The molecule has 0 aliphatic carbocycles. The molecular formula is C14H22N2O4. The zero-order valence-electron chi connectivity index (χ0n) is 12.1. The van der Waals surface area contributed by atoms with Crippen LogP contribution < -0.4 is 20.5 Å². The maximum absolute atomic E-state index is 11.9. The Morgan fingerprint density at radius 3 is 2.50 bits per heavy atom. The Bertz CT molecular complexity index is 437. The molecule has 0 aliphatic heterocycles. The van der Waals surface area contributed by atoms with Crippen LogP contribution in [-0.4, -0.2) is 46.4 Å². The minimum Gasteiger partial charge on any atom is -0.493 e. The van der Waals surface area contributed by atoms with E-state index in [-0.39, 0.29) is 18.4 Å². The van der Waals surface area contributed by atoms with Gasteiger partial charge in [0.2, 0.25) is 5.91 Å². The number of hydrogen-bond donors (Lipinski definition) is 2. The molecule has 1 amide bonds. The summed E-state index contributed by atoms with van der Waals surface area (Å²) in [5, 5.41) is 2.82. The molecule has 20 heavy (non-hydrogen) atoms. The van der Waals surface area contributed by atoms with Gasteiger partial charge in [0.25, 0.3) is 0 Å². The number of nitrogens with two attached hydrogens (primary N) is 1. The quantitative estimate of drug-likeness (QED) is 0.718. The van der Waals surface area contributed by atoms with Gasteiger partial charge in [0.05, 0.1) is 33.3 Å². The Kier molecular flexibility index (Phi) is 6.83. The van der Waals surface area contributed by atoms with Crippen LogP contribution in [0.3, 0.4) is 0 Å². The summed E-state index contributed by atoms with van der Waals surface area (Å²) in [6.45, 7) is 0.736. The summed E-state index contributed by atoms with van der Waals surface area (Å²) in [4.78, 5) is 11.9. The Morgan fingerprint density at radius 1 is 1.25 bits per heavy atom. The van der Waals surface area contributed by atoms with E-state index in [0.717, 1.165) is 5.56 Å². The van der Waals surface area contributed by atoms with E-state index in [9.17, 15) is 4.79 Å². The number of rotatable bonds is 8. The molecule has 1 rings (SSSR count). The molecule has 0 aromatic heterocycles. The molecule has 6 nitrogen and oxygen atoms in total. The predicted molar refractivity (Wildman–Crippen MR) is 76.1 cm³/mol. The van der Waals surface area contributed by atoms with E-state index in [1.807, 2.05) is 6.07 Å². The number of methoxy groups -OCH3 is 3. The summed E-state index contributed by atoms with van der Waals surface area (Å²) in [7, 11) is 4.70. The van der Waals surface area contributed by atoms with E-state index < -0.39 is 0 Å². The molecule has 112 valence electrons. The number of nitrogens with one attached hydrogen (secondary N) is 1. The zero-order chi connectivity index (χ0) is 15.0. The lowest BCUT2D eigenvalue weighted by Crippen LogP contribution is -2.43. The third kappa shape index (κ3) is 4.71. The van der Waals surface area contributed by atoms with Crippen molar-refractivity contribution in [3.8, 4) is 11.5 Å². The van der Waals surface area contributed by atoms with Crippen molar-refractivity contribution in [1.29, 1.82) is 0 Å². The first-order valence-electron chi connectivity index (χ1n) is 6.33.